The SMILES string of the molecule is I.NC(=NCc1ccnc(OC2CCCC2)c1)Nc1ccccc1. The van der Waals surface area contributed by atoms with Gasteiger partial charge in [-0.1, -0.05) is 18.2 Å². The summed E-state index contributed by atoms with van der Waals surface area (Å²) >= 11 is 0. The van der Waals surface area contributed by atoms with Crippen LogP contribution in [0.25, 0.3) is 0 Å². The van der Waals surface area contributed by atoms with Crippen LogP contribution in [-0.2, 0) is 6.54 Å². The lowest BCUT2D eigenvalue weighted by atomic mass is 10.2. The monoisotopic (exact) mass is 438 g/mol. The van der Waals surface area contributed by atoms with Crippen LogP contribution < -0.4 is 15.8 Å². The molecule has 5 nitrogen and oxygen atoms in total. The third-order valence-corrected chi connectivity index (χ3v) is 3.87. The number of aliphatic imine (C=N–C) groups is 1. The molecule has 2 aromatic rings. The first kappa shape index (κ1) is 18.5. The highest BCUT2D eigenvalue weighted by Gasteiger charge is 2.16. The fourth-order valence-electron chi connectivity index (χ4n) is 2.68. The molecule has 3 rings (SSSR count). The number of benzene rings is 1. The van der Waals surface area contributed by atoms with Gasteiger partial charge in [-0.25, -0.2) is 9.98 Å². The molecule has 1 aliphatic rings. The lowest BCUT2D eigenvalue weighted by Gasteiger charge is -2.12. The summed E-state index contributed by atoms with van der Waals surface area (Å²) in [4.78, 5) is 8.64. The van der Waals surface area contributed by atoms with Crippen molar-refractivity contribution >= 4 is 35.6 Å². The van der Waals surface area contributed by atoms with Gasteiger partial charge < -0.3 is 15.8 Å². The van der Waals surface area contributed by atoms with Crippen LogP contribution in [-0.4, -0.2) is 17.0 Å². The minimum absolute atomic E-state index is 0. The largest absolute Gasteiger partial charge is 0.474 e. The molecule has 0 spiro atoms. The summed E-state index contributed by atoms with van der Waals surface area (Å²) in [5, 5.41) is 3.07. The van der Waals surface area contributed by atoms with Gasteiger partial charge in [0.05, 0.1) is 6.54 Å². The third kappa shape index (κ3) is 5.67. The Morgan fingerprint density at radius 2 is 1.96 bits per heavy atom. The van der Waals surface area contributed by atoms with Crippen molar-refractivity contribution in [3.05, 3.63) is 54.2 Å². The molecule has 1 aromatic heterocycles. The van der Waals surface area contributed by atoms with Crippen molar-refractivity contribution in [3.63, 3.8) is 0 Å². The Labute approximate surface area is 159 Å². The van der Waals surface area contributed by atoms with E-state index in [-0.39, 0.29) is 24.0 Å². The maximum absolute atomic E-state index is 5.92. The predicted octanol–water partition coefficient (Wildman–Crippen LogP) is 3.95. The minimum atomic E-state index is 0. The first-order valence-corrected chi connectivity index (χ1v) is 8.03. The van der Waals surface area contributed by atoms with Gasteiger partial charge >= 0.3 is 0 Å². The number of hydrogen-bond acceptors (Lipinski definition) is 3. The van der Waals surface area contributed by atoms with E-state index in [0.717, 1.165) is 24.1 Å². The number of halogens is 1. The number of aromatic nitrogens is 1. The van der Waals surface area contributed by atoms with E-state index >= 15 is 0 Å². The highest BCUT2D eigenvalue weighted by Crippen LogP contribution is 2.23. The van der Waals surface area contributed by atoms with E-state index in [9.17, 15) is 0 Å². The maximum Gasteiger partial charge on any atom is 0.213 e. The lowest BCUT2D eigenvalue weighted by molar-refractivity contribution is 0.201. The van der Waals surface area contributed by atoms with Crippen LogP contribution >= 0.6 is 24.0 Å². The zero-order chi connectivity index (χ0) is 15.9. The number of hydrogen-bond donors (Lipinski definition) is 2. The zero-order valence-electron chi connectivity index (χ0n) is 13.5. The quantitative estimate of drug-likeness (QED) is 0.421. The van der Waals surface area contributed by atoms with Crippen molar-refractivity contribution in [1.82, 2.24) is 4.98 Å². The molecule has 1 fully saturated rings. The van der Waals surface area contributed by atoms with Gasteiger partial charge in [0.15, 0.2) is 5.96 Å². The predicted molar refractivity (Wildman–Crippen MR) is 108 cm³/mol. The molecule has 1 aliphatic carbocycles. The van der Waals surface area contributed by atoms with Crippen LogP contribution in [0.4, 0.5) is 5.69 Å². The van der Waals surface area contributed by atoms with Gasteiger partial charge in [-0.15, -0.1) is 24.0 Å². The highest BCUT2D eigenvalue weighted by molar-refractivity contribution is 14.0. The summed E-state index contributed by atoms with van der Waals surface area (Å²) in [6.45, 7) is 0.495. The summed E-state index contributed by atoms with van der Waals surface area (Å²) in [6, 6.07) is 13.6. The van der Waals surface area contributed by atoms with Gasteiger partial charge in [0.1, 0.15) is 6.10 Å². The van der Waals surface area contributed by atoms with E-state index in [1.54, 1.807) is 6.20 Å². The Bertz CT molecular complexity index is 657. The Balaban J connectivity index is 0.00000208. The molecule has 1 aromatic carbocycles. The van der Waals surface area contributed by atoms with Crippen molar-refractivity contribution in [3.8, 4) is 5.88 Å². The molecule has 0 radical (unpaired) electrons. The second kappa shape index (κ2) is 9.46. The van der Waals surface area contributed by atoms with Gasteiger partial charge in [0.2, 0.25) is 5.88 Å². The average molecular weight is 438 g/mol. The number of ether oxygens (including phenoxy) is 1. The maximum atomic E-state index is 5.92. The molecule has 1 saturated carbocycles. The van der Waals surface area contributed by atoms with Crippen molar-refractivity contribution in [2.45, 2.75) is 38.3 Å². The number of para-hydroxylation sites is 1. The van der Waals surface area contributed by atoms with Crippen LogP contribution in [0.15, 0.2) is 53.7 Å². The van der Waals surface area contributed by atoms with Gasteiger partial charge in [-0.05, 0) is 49.4 Å². The molecule has 0 saturated heterocycles. The van der Waals surface area contributed by atoms with E-state index in [2.05, 4.69) is 15.3 Å². The van der Waals surface area contributed by atoms with Crippen LogP contribution in [0, 0.1) is 0 Å². The summed E-state index contributed by atoms with van der Waals surface area (Å²) in [7, 11) is 0. The molecule has 24 heavy (non-hydrogen) atoms. The normalized spacial score (nSPS) is 14.9. The topological polar surface area (TPSA) is 72.5 Å². The molecular weight excluding hydrogens is 415 g/mol. The smallest absolute Gasteiger partial charge is 0.213 e. The number of rotatable bonds is 5. The summed E-state index contributed by atoms with van der Waals surface area (Å²) < 4.78 is 5.91. The second-order valence-electron chi connectivity index (χ2n) is 5.72. The van der Waals surface area contributed by atoms with E-state index in [1.165, 1.54) is 12.8 Å². The fourth-order valence-corrected chi connectivity index (χ4v) is 2.68. The number of guanidine groups is 1. The number of pyridine rings is 1. The molecule has 0 bridgehead atoms. The second-order valence-corrected chi connectivity index (χ2v) is 5.72. The highest BCUT2D eigenvalue weighted by atomic mass is 127. The molecule has 0 aliphatic heterocycles. The van der Waals surface area contributed by atoms with E-state index < -0.39 is 0 Å². The Hall–Kier alpha value is -1.83. The van der Waals surface area contributed by atoms with Gasteiger partial charge in [0, 0.05) is 18.0 Å². The minimum Gasteiger partial charge on any atom is -0.474 e. The Morgan fingerprint density at radius 1 is 1.21 bits per heavy atom. The number of anilines is 1. The number of nitrogens with zero attached hydrogens (tertiary/aromatic N) is 2. The van der Waals surface area contributed by atoms with Crippen LogP contribution in [0.3, 0.4) is 0 Å². The van der Waals surface area contributed by atoms with Gasteiger partial charge in [-0.2, -0.15) is 0 Å². The van der Waals surface area contributed by atoms with E-state index in [4.69, 9.17) is 10.5 Å². The summed E-state index contributed by atoms with van der Waals surface area (Å²) in [6.07, 6.45) is 6.81. The van der Waals surface area contributed by atoms with E-state index in [0.29, 0.717) is 24.5 Å². The molecule has 1 heterocycles. The fraction of sp³-hybridized carbons (Fsp3) is 0.333. The Morgan fingerprint density at radius 3 is 2.71 bits per heavy atom. The molecule has 6 heteroatoms. The van der Waals surface area contributed by atoms with Crippen LogP contribution in [0.1, 0.15) is 31.2 Å². The molecule has 0 atom stereocenters. The Kier molecular flexibility index (Phi) is 7.30. The first-order valence-electron chi connectivity index (χ1n) is 8.03. The van der Waals surface area contributed by atoms with Crippen LogP contribution in [0.2, 0.25) is 0 Å². The summed E-state index contributed by atoms with van der Waals surface area (Å²) in [5.41, 5.74) is 7.87. The van der Waals surface area contributed by atoms with Crippen LogP contribution in [0.5, 0.6) is 5.88 Å². The average Bonchev–Trinajstić information content (AvgIpc) is 3.07. The standard InChI is InChI=1S/C18H22N4O.HI/c19-18(22-15-6-2-1-3-7-15)21-13-14-10-11-20-17(12-14)23-16-8-4-5-9-16;/h1-3,6-7,10-12,16H,4-5,8-9,13H2,(H3,19,21,22);1H. The first-order chi connectivity index (χ1) is 11.3. The molecular formula is C18H23IN4O. The van der Waals surface area contributed by atoms with Gasteiger partial charge in [0.25, 0.3) is 0 Å². The van der Waals surface area contributed by atoms with Crippen molar-refractivity contribution in [2.24, 2.45) is 10.7 Å². The molecule has 128 valence electrons. The number of nitrogens with one attached hydrogen (secondary N) is 1. The summed E-state index contributed by atoms with van der Waals surface area (Å²) in [5.74, 6) is 1.07. The van der Waals surface area contributed by atoms with E-state index in [1.807, 2.05) is 42.5 Å². The molecule has 3 N–H and O–H groups in total. The van der Waals surface area contributed by atoms with Crippen molar-refractivity contribution < 1.29 is 4.74 Å². The lowest BCUT2D eigenvalue weighted by Crippen LogP contribution is -2.22. The van der Waals surface area contributed by atoms with Gasteiger partial charge in [-0.3, -0.25) is 0 Å². The van der Waals surface area contributed by atoms with Crippen molar-refractivity contribution in [1.29, 1.82) is 0 Å². The zero-order valence-corrected chi connectivity index (χ0v) is 15.9. The molecule has 0 amide bonds. The molecule has 0 unspecified atom stereocenters. The van der Waals surface area contributed by atoms with Crippen molar-refractivity contribution in [2.75, 3.05) is 5.32 Å². The third-order valence-electron chi connectivity index (χ3n) is 3.87. The number of nitrogens with two attached hydrogens (primary N) is 1.